The molecular weight excluding hydrogens is 271 g/mol. The van der Waals surface area contributed by atoms with Crippen molar-refractivity contribution in [2.24, 2.45) is 0 Å². The first-order valence-corrected chi connectivity index (χ1v) is 4.51. The number of hydrogen-bond acceptors (Lipinski definition) is 6. The third-order valence-electron chi connectivity index (χ3n) is 0.668. The predicted octanol–water partition coefficient (Wildman–Crippen LogP) is 0.0814. The molecule has 0 fully saturated rings. The van der Waals surface area contributed by atoms with E-state index in [1.165, 1.54) is 20.8 Å². The number of esters is 2. The number of carbonyl (C=O) groups is 3. The van der Waals surface area contributed by atoms with E-state index in [4.69, 9.17) is 0 Å². The topological polar surface area (TPSA) is 78.9 Å². The molecule has 0 heterocycles. The van der Waals surface area contributed by atoms with Crippen LogP contribution in [-0.2, 0) is 51.8 Å². The first kappa shape index (κ1) is 15.8. The average molecular weight is 282 g/mol. The Kier molecular flexibility index (Phi) is 11.7. The molecule has 14 heavy (non-hydrogen) atoms. The molecule has 7 heteroatoms. The molecule has 0 aliphatic rings. The van der Waals surface area contributed by atoms with Gasteiger partial charge in [-0.1, -0.05) is 0 Å². The molecule has 0 aliphatic heterocycles. The molecular formula is C7H11O6Zr. The van der Waals surface area contributed by atoms with Gasteiger partial charge < -0.3 is 9.47 Å². The maximum atomic E-state index is 10.0. The monoisotopic (exact) mass is 281 g/mol. The molecule has 0 N–H and O–H groups in total. The Balaban J connectivity index is 0. The van der Waals surface area contributed by atoms with Crippen molar-refractivity contribution in [3.05, 3.63) is 0 Å². The van der Waals surface area contributed by atoms with Gasteiger partial charge in [0.15, 0.2) is 0 Å². The minimum absolute atomic E-state index is 0.205. The molecule has 0 unspecified atom stereocenters. The van der Waals surface area contributed by atoms with Crippen LogP contribution in [0.1, 0.15) is 20.8 Å². The van der Waals surface area contributed by atoms with Crippen molar-refractivity contribution >= 4 is 17.9 Å². The summed E-state index contributed by atoms with van der Waals surface area (Å²) in [5, 5.41) is 0. The third kappa shape index (κ3) is 22.5. The molecule has 79 valence electrons. The van der Waals surface area contributed by atoms with E-state index in [-0.39, 0.29) is 12.8 Å². The Morgan fingerprint density at radius 3 is 1.36 bits per heavy atom. The standard InChI is InChI=1S/C5H8O4.C2H4O2.Zr/c1-4(6)8-3-9-5(2)7;1-2(3)4;/h3H2,1-2H3;1H3,(H,3,4);/q;;+1/p-1. The van der Waals surface area contributed by atoms with Gasteiger partial charge >= 0.3 is 57.6 Å². The van der Waals surface area contributed by atoms with Crippen LogP contribution in [0.4, 0.5) is 0 Å². The summed E-state index contributed by atoms with van der Waals surface area (Å²) in [7, 11) is 0. The molecule has 0 rings (SSSR count). The van der Waals surface area contributed by atoms with Crippen LogP contribution in [0.5, 0.6) is 0 Å². The summed E-state index contributed by atoms with van der Waals surface area (Å²) in [5.41, 5.74) is 0. The van der Waals surface area contributed by atoms with Crippen LogP contribution in [0.25, 0.3) is 0 Å². The van der Waals surface area contributed by atoms with Gasteiger partial charge in [-0.25, -0.2) is 0 Å². The van der Waals surface area contributed by atoms with E-state index in [0.29, 0.717) is 0 Å². The van der Waals surface area contributed by atoms with Gasteiger partial charge in [-0.15, -0.1) is 0 Å². The Morgan fingerprint density at radius 2 is 1.21 bits per heavy atom. The fraction of sp³-hybridized carbons (Fsp3) is 0.571. The van der Waals surface area contributed by atoms with E-state index in [1.807, 2.05) is 0 Å². The van der Waals surface area contributed by atoms with Crippen molar-refractivity contribution < 1.29 is 51.8 Å². The zero-order valence-electron chi connectivity index (χ0n) is 8.16. The predicted molar refractivity (Wildman–Crippen MR) is 40.2 cm³/mol. The van der Waals surface area contributed by atoms with Crippen molar-refractivity contribution in [1.82, 2.24) is 0 Å². The zero-order valence-corrected chi connectivity index (χ0v) is 10.6. The van der Waals surface area contributed by atoms with Crippen molar-refractivity contribution in [3.8, 4) is 0 Å². The summed E-state index contributed by atoms with van der Waals surface area (Å²) >= 11 is 0.815. The Bertz CT molecular complexity index is 188. The molecule has 0 spiro atoms. The molecule has 0 aliphatic carbocycles. The maximum absolute atomic E-state index is 10.0. The molecule has 6 nitrogen and oxygen atoms in total. The van der Waals surface area contributed by atoms with Crippen LogP contribution in [-0.4, -0.2) is 24.7 Å². The van der Waals surface area contributed by atoms with E-state index in [1.54, 1.807) is 0 Å². The van der Waals surface area contributed by atoms with Crippen LogP contribution in [0, 0.1) is 0 Å². The molecule has 0 bridgehead atoms. The van der Waals surface area contributed by atoms with Crippen LogP contribution in [0.15, 0.2) is 0 Å². The second-order valence-corrected chi connectivity index (χ2v) is 2.49. The van der Waals surface area contributed by atoms with Gasteiger partial charge in [-0.2, -0.15) is 0 Å². The summed E-state index contributed by atoms with van der Waals surface area (Å²) in [6.45, 7) is 3.58. The Hall–Kier alpha value is -0.707. The summed E-state index contributed by atoms with van der Waals surface area (Å²) in [4.78, 5) is 29.6. The summed E-state index contributed by atoms with van der Waals surface area (Å²) < 4.78 is 12.7. The zero-order chi connectivity index (χ0) is 11.6. The van der Waals surface area contributed by atoms with E-state index >= 15 is 0 Å². The van der Waals surface area contributed by atoms with Crippen molar-refractivity contribution in [1.29, 1.82) is 0 Å². The van der Waals surface area contributed by atoms with Gasteiger partial charge in [-0.3, -0.25) is 9.59 Å². The quantitative estimate of drug-likeness (QED) is 0.527. The van der Waals surface area contributed by atoms with E-state index < -0.39 is 11.9 Å². The summed E-state index contributed by atoms with van der Waals surface area (Å²) in [6.07, 6.45) is 0. The van der Waals surface area contributed by atoms with Gasteiger partial charge in [0.25, 0.3) is 0 Å². The molecule has 0 saturated carbocycles. The van der Waals surface area contributed by atoms with Crippen LogP contribution < -0.4 is 0 Å². The number of rotatable bonds is 2. The normalized spacial score (nSPS) is 7.57. The van der Waals surface area contributed by atoms with Crippen LogP contribution >= 0.6 is 0 Å². The van der Waals surface area contributed by atoms with Crippen molar-refractivity contribution in [2.75, 3.05) is 6.79 Å². The van der Waals surface area contributed by atoms with Gasteiger partial charge in [0.1, 0.15) is 0 Å². The van der Waals surface area contributed by atoms with Gasteiger partial charge in [0.05, 0.1) is 0 Å². The van der Waals surface area contributed by atoms with Crippen LogP contribution in [0.2, 0.25) is 0 Å². The fourth-order valence-corrected chi connectivity index (χ4v) is 0.195. The second-order valence-electron chi connectivity index (χ2n) is 1.98. The van der Waals surface area contributed by atoms with E-state index in [9.17, 15) is 14.4 Å². The molecule has 0 amide bonds. The number of hydrogen-bond donors (Lipinski definition) is 0. The van der Waals surface area contributed by atoms with Crippen LogP contribution in [0.3, 0.4) is 0 Å². The van der Waals surface area contributed by atoms with Gasteiger partial charge in [0.2, 0.25) is 6.79 Å². The Labute approximate surface area is 97.4 Å². The molecule has 0 aromatic heterocycles. The average Bonchev–Trinajstić information content (AvgIpc) is 2.04. The molecule has 0 aromatic rings. The summed E-state index contributed by atoms with van der Waals surface area (Å²) in [5.74, 6) is -1.13. The molecule has 0 radical (unpaired) electrons. The first-order chi connectivity index (χ1) is 6.40. The molecule has 0 aromatic carbocycles. The van der Waals surface area contributed by atoms with Gasteiger partial charge in [0, 0.05) is 13.8 Å². The van der Waals surface area contributed by atoms with Crippen molar-refractivity contribution in [2.45, 2.75) is 20.8 Å². The second kappa shape index (κ2) is 10.4. The van der Waals surface area contributed by atoms with Crippen molar-refractivity contribution in [3.63, 3.8) is 0 Å². The summed E-state index contributed by atoms with van der Waals surface area (Å²) in [6, 6.07) is 0. The number of ether oxygens (including phenoxy) is 2. The molecule has 0 saturated heterocycles. The van der Waals surface area contributed by atoms with Gasteiger partial charge in [-0.05, 0) is 0 Å². The number of carbonyl (C=O) groups excluding carboxylic acids is 3. The third-order valence-corrected chi connectivity index (χ3v) is 1.37. The minimum atomic E-state index is -0.462. The fourth-order valence-electron chi connectivity index (χ4n) is 0.195. The SMILES string of the molecule is CC(=O)OCOC(C)=O.CC(=O)[O][Zr]. The van der Waals surface area contributed by atoms with E-state index in [2.05, 4.69) is 12.3 Å². The Morgan fingerprint density at radius 1 is 0.929 bits per heavy atom. The van der Waals surface area contributed by atoms with E-state index in [0.717, 1.165) is 25.2 Å². The molecule has 0 atom stereocenters. The first-order valence-electron chi connectivity index (χ1n) is 3.51.